The van der Waals surface area contributed by atoms with Crippen molar-refractivity contribution < 1.29 is 4.74 Å². The molecule has 2 N–H and O–H groups in total. The van der Waals surface area contributed by atoms with Crippen LogP contribution in [-0.4, -0.2) is 13.7 Å². The van der Waals surface area contributed by atoms with Crippen molar-refractivity contribution in [3.8, 4) is 0 Å². The van der Waals surface area contributed by atoms with Crippen LogP contribution in [0.4, 0.5) is 0 Å². The summed E-state index contributed by atoms with van der Waals surface area (Å²) in [6.45, 7) is 0.748. The summed E-state index contributed by atoms with van der Waals surface area (Å²) in [5.74, 6) is 0. The second-order valence-corrected chi connectivity index (χ2v) is 3.67. The van der Waals surface area contributed by atoms with Gasteiger partial charge in [0.15, 0.2) is 0 Å². The van der Waals surface area contributed by atoms with Crippen molar-refractivity contribution in [3.05, 3.63) is 34.9 Å². The van der Waals surface area contributed by atoms with Crippen LogP contribution in [0.5, 0.6) is 0 Å². The van der Waals surface area contributed by atoms with Gasteiger partial charge in [-0.1, -0.05) is 29.8 Å². The largest absolute Gasteiger partial charge is 0.385 e. The van der Waals surface area contributed by atoms with Crippen LogP contribution in [0.25, 0.3) is 0 Å². The molecule has 1 aromatic carbocycles. The first-order chi connectivity index (χ1) is 6.75. The average Bonchev–Trinajstić information content (AvgIpc) is 2.18. The molecule has 0 aliphatic heterocycles. The second kappa shape index (κ2) is 6.02. The van der Waals surface area contributed by atoms with Crippen LogP contribution in [-0.2, 0) is 4.74 Å². The maximum absolute atomic E-state index is 6.02. The number of nitrogens with two attached hydrogens (primary N) is 1. The summed E-state index contributed by atoms with van der Waals surface area (Å²) < 4.78 is 4.97. The average molecular weight is 214 g/mol. The fourth-order valence-corrected chi connectivity index (χ4v) is 1.65. The molecule has 0 aliphatic carbocycles. The first-order valence-electron chi connectivity index (χ1n) is 4.74. The molecule has 2 nitrogen and oxygen atoms in total. The molecule has 0 aromatic heterocycles. The summed E-state index contributed by atoms with van der Waals surface area (Å²) in [4.78, 5) is 0. The van der Waals surface area contributed by atoms with Gasteiger partial charge >= 0.3 is 0 Å². The lowest BCUT2D eigenvalue weighted by molar-refractivity contribution is 0.190. The van der Waals surface area contributed by atoms with Gasteiger partial charge < -0.3 is 10.5 Å². The summed E-state index contributed by atoms with van der Waals surface area (Å²) >= 11 is 6.02. The summed E-state index contributed by atoms with van der Waals surface area (Å²) in [6, 6.07) is 7.72. The smallest absolute Gasteiger partial charge is 0.0462 e. The lowest BCUT2D eigenvalue weighted by atomic mass is 10.0. The summed E-state index contributed by atoms with van der Waals surface area (Å²) in [5, 5.41) is 0.748. The number of hydrogen-bond donors (Lipinski definition) is 1. The zero-order valence-corrected chi connectivity index (χ0v) is 9.13. The Hall–Kier alpha value is -0.570. The van der Waals surface area contributed by atoms with Crippen molar-refractivity contribution in [2.75, 3.05) is 13.7 Å². The number of hydrogen-bond acceptors (Lipinski definition) is 2. The van der Waals surface area contributed by atoms with Crippen molar-refractivity contribution in [2.24, 2.45) is 5.73 Å². The third-order valence-electron chi connectivity index (χ3n) is 2.17. The Balaban J connectivity index is 2.51. The van der Waals surface area contributed by atoms with Gasteiger partial charge in [-0.2, -0.15) is 0 Å². The molecule has 78 valence electrons. The quantitative estimate of drug-likeness (QED) is 0.764. The predicted octanol–water partition coefficient (Wildman–Crippen LogP) is 2.77. The second-order valence-electron chi connectivity index (χ2n) is 3.26. The normalized spacial score (nSPS) is 12.8. The molecule has 0 saturated carbocycles. The molecule has 3 heteroatoms. The van der Waals surface area contributed by atoms with Gasteiger partial charge in [0.2, 0.25) is 0 Å². The molecule has 0 amide bonds. The van der Waals surface area contributed by atoms with E-state index in [1.165, 1.54) is 0 Å². The van der Waals surface area contributed by atoms with Crippen LogP contribution >= 0.6 is 11.6 Å². The van der Waals surface area contributed by atoms with E-state index in [0.29, 0.717) is 0 Å². The maximum Gasteiger partial charge on any atom is 0.0462 e. The predicted molar refractivity (Wildman–Crippen MR) is 59.5 cm³/mol. The van der Waals surface area contributed by atoms with Crippen LogP contribution in [0.2, 0.25) is 5.02 Å². The Morgan fingerprint density at radius 3 is 2.79 bits per heavy atom. The van der Waals surface area contributed by atoms with Crippen LogP contribution < -0.4 is 5.73 Å². The van der Waals surface area contributed by atoms with Gasteiger partial charge in [-0.15, -0.1) is 0 Å². The zero-order chi connectivity index (χ0) is 10.4. The summed E-state index contributed by atoms with van der Waals surface area (Å²) in [5.41, 5.74) is 7.02. The van der Waals surface area contributed by atoms with Crippen molar-refractivity contribution in [2.45, 2.75) is 18.9 Å². The van der Waals surface area contributed by atoms with E-state index in [-0.39, 0.29) is 6.04 Å². The van der Waals surface area contributed by atoms with E-state index in [4.69, 9.17) is 22.1 Å². The number of ether oxygens (including phenoxy) is 1. The molecule has 1 aromatic rings. The number of rotatable bonds is 5. The van der Waals surface area contributed by atoms with E-state index >= 15 is 0 Å². The van der Waals surface area contributed by atoms with Crippen LogP contribution in [0.3, 0.4) is 0 Å². The topological polar surface area (TPSA) is 35.2 Å². The van der Waals surface area contributed by atoms with Gasteiger partial charge in [0.1, 0.15) is 0 Å². The first kappa shape index (κ1) is 11.5. The maximum atomic E-state index is 6.02. The van der Waals surface area contributed by atoms with E-state index < -0.39 is 0 Å². The minimum Gasteiger partial charge on any atom is -0.385 e. The van der Waals surface area contributed by atoms with Crippen molar-refractivity contribution in [1.29, 1.82) is 0 Å². The van der Waals surface area contributed by atoms with Crippen molar-refractivity contribution in [1.82, 2.24) is 0 Å². The van der Waals surface area contributed by atoms with Gasteiger partial charge in [-0.3, -0.25) is 0 Å². The lowest BCUT2D eigenvalue weighted by Crippen LogP contribution is -2.11. The fourth-order valence-electron chi connectivity index (χ4n) is 1.38. The monoisotopic (exact) mass is 213 g/mol. The molecular weight excluding hydrogens is 198 g/mol. The van der Waals surface area contributed by atoms with E-state index in [9.17, 15) is 0 Å². The first-order valence-corrected chi connectivity index (χ1v) is 5.12. The van der Waals surface area contributed by atoms with Crippen LogP contribution in [0, 0.1) is 0 Å². The van der Waals surface area contributed by atoms with Gasteiger partial charge in [-0.05, 0) is 24.5 Å². The van der Waals surface area contributed by atoms with E-state index in [0.717, 1.165) is 30.0 Å². The van der Waals surface area contributed by atoms with Gasteiger partial charge in [-0.25, -0.2) is 0 Å². The van der Waals surface area contributed by atoms with Gasteiger partial charge in [0, 0.05) is 24.8 Å². The van der Waals surface area contributed by atoms with E-state index in [1.54, 1.807) is 7.11 Å². The van der Waals surface area contributed by atoms with E-state index in [2.05, 4.69) is 0 Å². The molecule has 0 saturated heterocycles. The molecule has 0 radical (unpaired) electrons. The highest BCUT2D eigenvalue weighted by atomic mass is 35.5. The molecule has 0 bridgehead atoms. The Morgan fingerprint density at radius 2 is 2.14 bits per heavy atom. The number of halogens is 1. The van der Waals surface area contributed by atoms with Gasteiger partial charge in [0.05, 0.1) is 0 Å². The molecule has 0 aliphatic rings. The molecule has 14 heavy (non-hydrogen) atoms. The minimum atomic E-state index is 0.0128. The Kier molecular flexibility index (Phi) is 4.94. The molecule has 0 fully saturated rings. The van der Waals surface area contributed by atoms with E-state index in [1.807, 2.05) is 24.3 Å². The molecule has 1 atom stereocenters. The SMILES string of the molecule is COCCCC(N)c1ccccc1Cl. The highest BCUT2D eigenvalue weighted by molar-refractivity contribution is 6.31. The number of methoxy groups -OCH3 is 1. The van der Waals surface area contributed by atoms with Crippen LogP contribution in [0.15, 0.2) is 24.3 Å². The highest BCUT2D eigenvalue weighted by Gasteiger charge is 2.08. The fraction of sp³-hybridized carbons (Fsp3) is 0.455. The summed E-state index contributed by atoms with van der Waals surface area (Å²) in [7, 11) is 1.70. The van der Waals surface area contributed by atoms with Gasteiger partial charge in [0.25, 0.3) is 0 Å². The highest BCUT2D eigenvalue weighted by Crippen LogP contribution is 2.23. The third-order valence-corrected chi connectivity index (χ3v) is 2.51. The Morgan fingerprint density at radius 1 is 1.43 bits per heavy atom. The molecular formula is C11H16ClNO. The minimum absolute atomic E-state index is 0.0128. The lowest BCUT2D eigenvalue weighted by Gasteiger charge is -2.12. The molecule has 1 rings (SSSR count). The third kappa shape index (κ3) is 3.29. The number of benzene rings is 1. The molecule has 1 unspecified atom stereocenters. The van der Waals surface area contributed by atoms with Crippen molar-refractivity contribution in [3.63, 3.8) is 0 Å². The Labute approximate surface area is 90.0 Å². The molecule has 0 spiro atoms. The summed E-state index contributed by atoms with van der Waals surface area (Å²) in [6.07, 6.45) is 1.86. The standard InChI is InChI=1S/C11H16ClNO/c1-14-8-4-7-11(13)9-5-2-3-6-10(9)12/h2-3,5-6,11H,4,7-8,13H2,1H3. The zero-order valence-electron chi connectivity index (χ0n) is 8.37. The molecule has 0 heterocycles. The van der Waals surface area contributed by atoms with Crippen LogP contribution in [0.1, 0.15) is 24.4 Å². The Bertz CT molecular complexity index is 278. The van der Waals surface area contributed by atoms with Crippen molar-refractivity contribution >= 4 is 11.6 Å².